The molecule has 0 atom stereocenters. The molecule has 0 radical (unpaired) electrons. The Balaban J connectivity index is 2.05. The van der Waals surface area contributed by atoms with Gasteiger partial charge in [0, 0.05) is 0 Å². The summed E-state index contributed by atoms with van der Waals surface area (Å²) in [5.41, 5.74) is 1.35. The van der Waals surface area contributed by atoms with Crippen LogP contribution in [0.1, 0.15) is 25.3 Å². The van der Waals surface area contributed by atoms with Crippen LogP contribution >= 0.6 is 0 Å². The highest BCUT2D eigenvalue weighted by Gasteiger charge is 2.14. The number of piperidine rings is 1. The van der Waals surface area contributed by atoms with Gasteiger partial charge in [0.1, 0.15) is 0 Å². The normalized spacial score (nSPS) is 16.6. The molecule has 1 fully saturated rings. The van der Waals surface area contributed by atoms with E-state index in [2.05, 4.69) is 17.4 Å². The fourth-order valence-electron chi connectivity index (χ4n) is 2.54. The number of hydrogen-bond donors (Lipinski definition) is 1. The second-order valence-electron chi connectivity index (χ2n) is 4.82. The third-order valence-corrected chi connectivity index (χ3v) is 3.51. The lowest BCUT2D eigenvalue weighted by Crippen LogP contribution is -2.28. The van der Waals surface area contributed by atoms with Gasteiger partial charge < -0.3 is 14.8 Å². The van der Waals surface area contributed by atoms with Crippen molar-refractivity contribution in [2.45, 2.75) is 26.2 Å². The minimum atomic E-state index is 0.674. The largest absolute Gasteiger partial charge is 0.493 e. The van der Waals surface area contributed by atoms with E-state index in [-0.39, 0.29) is 0 Å². The van der Waals surface area contributed by atoms with Gasteiger partial charge in [-0.3, -0.25) is 0 Å². The lowest BCUT2D eigenvalue weighted by atomic mass is 9.91. The molecular weight excluding hydrogens is 226 g/mol. The van der Waals surface area contributed by atoms with Crippen molar-refractivity contribution < 1.29 is 9.47 Å². The summed E-state index contributed by atoms with van der Waals surface area (Å²) in [5.74, 6) is 2.49. The number of hydrogen-bond acceptors (Lipinski definition) is 3. The van der Waals surface area contributed by atoms with Crippen LogP contribution in [0.15, 0.2) is 18.2 Å². The lowest BCUT2D eigenvalue weighted by Gasteiger charge is -2.23. The molecule has 0 amide bonds. The molecule has 0 bridgehead atoms. The van der Waals surface area contributed by atoms with Gasteiger partial charge in [0.15, 0.2) is 11.5 Å². The Morgan fingerprint density at radius 1 is 1.22 bits per heavy atom. The van der Waals surface area contributed by atoms with Crippen LogP contribution < -0.4 is 14.8 Å². The number of rotatable bonds is 5. The Bertz CT molecular complexity index is 373. The summed E-state index contributed by atoms with van der Waals surface area (Å²) in [6.07, 6.45) is 3.69. The topological polar surface area (TPSA) is 30.5 Å². The Kier molecular flexibility index (Phi) is 4.88. The fourth-order valence-corrected chi connectivity index (χ4v) is 2.54. The first-order chi connectivity index (χ1) is 8.83. The zero-order valence-electron chi connectivity index (χ0n) is 11.4. The highest BCUT2D eigenvalue weighted by Crippen LogP contribution is 2.29. The smallest absolute Gasteiger partial charge is 0.161 e. The van der Waals surface area contributed by atoms with Gasteiger partial charge >= 0.3 is 0 Å². The molecule has 0 spiro atoms. The van der Waals surface area contributed by atoms with Crippen molar-refractivity contribution in [2.24, 2.45) is 5.92 Å². The molecule has 0 unspecified atom stereocenters. The molecule has 1 aliphatic heterocycles. The zero-order chi connectivity index (χ0) is 12.8. The average Bonchev–Trinajstić information content (AvgIpc) is 2.41. The first kappa shape index (κ1) is 13.2. The molecule has 1 N–H and O–H groups in total. The molecular formula is C15H23NO2. The molecule has 1 aromatic rings. The molecule has 0 saturated carbocycles. The number of benzene rings is 1. The van der Waals surface area contributed by atoms with Gasteiger partial charge in [-0.15, -0.1) is 0 Å². The Hall–Kier alpha value is -1.22. The second-order valence-corrected chi connectivity index (χ2v) is 4.82. The molecule has 2 rings (SSSR count). The lowest BCUT2D eigenvalue weighted by molar-refractivity contribution is 0.310. The van der Waals surface area contributed by atoms with E-state index < -0.39 is 0 Å². The highest BCUT2D eigenvalue weighted by molar-refractivity contribution is 5.43. The maximum Gasteiger partial charge on any atom is 0.161 e. The monoisotopic (exact) mass is 249 g/mol. The van der Waals surface area contributed by atoms with Crippen LogP contribution in [-0.2, 0) is 6.42 Å². The summed E-state index contributed by atoms with van der Waals surface area (Å²) in [4.78, 5) is 0. The molecule has 0 aliphatic carbocycles. The van der Waals surface area contributed by atoms with Crippen molar-refractivity contribution in [1.82, 2.24) is 5.32 Å². The van der Waals surface area contributed by atoms with Gasteiger partial charge in [-0.25, -0.2) is 0 Å². The summed E-state index contributed by atoms with van der Waals surface area (Å²) in [7, 11) is 1.68. The van der Waals surface area contributed by atoms with Crippen LogP contribution in [0.25, 0.3) is 0 Å². The quantitative estimate of drug-likeness (QED) is 0.870. The van der Waals surface area contributed by atoms with Crippen LogP contribution in [0.5, 0.6) is 11.5 Å². The Morgan fingerprint density at radius 3 is 2.67 bits per heavy atom. The van der Waals surface area contributed by atoms with Crippen molar-refractivity contribution in [3.05, 3.63) is 23.8 Å². The van der Waals surface area contributed by atoms with E-state index in [0.29, 0.717) is 6.61 Å². The summed E-state index contributed by atoms with van der Waals surface area (Å²) in [6, 6.07) is 6.30. The van der Waals surface area contributed by atoms with Crippen molar-refractivity contribution in [3.63, 3.8) is 0 Å². The second kappa shape index (κ2) is 6.64. The minimum Gasteiger partial charge on any atom is -0.493 e. The molecule has 18 heavy (non-hydrogen) atoms. The van der Waals surface area contributed by atoms with Gasteiger partial charge in [-0.1, -0.05) is 6.07 Å². The predicted molar refractivity (Wildman–Crippen MR) is 73.5 cm³/mol. The van der Waals surface area contributed by atoms with Gasteiger partial charge in [-0.2, -0.15) is 0 Å². The van der Waals surface area contributed by atoms with Crippen LogP contribution in [0, 0.1) is 5.92 Å². The van der Waals surface area contributed by atoms with Crippen LogP contribution in [0.4, 0.5) is 0 Å². The van der Waals surface area contributed by atoms with Crippen LogP contribution in [0.3, 0.4) is 0 Å². The maximum atomic E-state index is 5.62. The standard InChI is InChI=1S/C15H23NO2/c1-3-18-15-11-13(4-5-14(15)17-2)10-12-6-8-16-9-7-12/h4-5,11-12,16H,3,6-10H2,1-2H3. The Morgan fingerprint density at radius 2 is 2.00 bits per heavy atom. The van der Waals surface area contributed by atoms with Gasteiger partial charge in [-0.05, 0) is 62.9 Å². The molecule has 1 aromatic carbocycles. The van der Waals surface area contributed by atoms with Gasteiger partial charge in [0.25, 0.3) is 0 Å². The van der Waals surface area contributed by atoms with E-state index in [1.54, 1.807) is 7.11 Å². The van der Waals surface area contributed by atoms with Crippen molar-refractivity contribution in [2.75, 3.05) is 26.8 Å². The predicted octanol–water partition coefficient (Wildman–Crippen LogP) is 2.64. The van der Waals surface area contributed by atoms with E-state index in [4.69, 9.17) is 9.47 Å². The molecule has 1 aliphatic rings. The fraction of sp³-hybridized carbons (Fsp3) is 0.600. The van der Waals surface area contributed by atoms with Crippen LogP contribution in [0.2, 0.25) is 0 Å². The number of nitrogens with one attached hydrogen (secondary N) is 1. The molecule has 3 heteroatoms. The van der Waals surface area contributed by atoms with Crippen molar-refractivity contribution >= 4 is 0 Å². The first-order valence-corrected chi connectivity index (χ1v) is 6.84. The number of methoxy groups -OCH3 is 1. The van der Waals surface area contributed by atoms with E-state index in [0.717, 1.165) is 36.9 Å². The summed E-state index contributed by atoms with van der Waals surface area (Å²) >= 11 is 0. The van der Waals surface area contributed by atoms with Crippen molar-refractivity contribution in [1.29, 1.82) is 0 Å². The molecule has 100 valence electrons. The summed E-state index contributed by atoms with van der Waals surface area (Å²) in [6.45, 7) is 4.98. The van der Waals surface area contributed by atoms with Crippen LogP contribution in [-0.4, -0.2) is 26.8 Å². The zero-order valence-corrected chi connectivity index (χ0v) is 11.4. The molecule has 0 aromatic heterocycles. The van der Waals surface area contributed by atoms with E-state index in [9.17, 15) is 0 Å². The molecule has 1 saturated heterocycles. The number of ether oxygens (including phenoxy) is 2. The minimum absolute atomic E-state index is 0.674. The van der Waals surface area contributed by atoms with Gasteiger partial charge in [0.05, 0.1) is 13.7 Å². The first-order valence-electron chi connectivity index (χ1n) is 6.84. The third-order valence-electron chi connectivity index (χ3n) is 3.51. The highest BCUT2D eigenvalue weighted by atomic mass is 16.5. The Labute approximate surface area is 109 Å². The average molecular weight is 249 g/mol. The SMILES string of the molecule is CCOc1cc(CC2CCNCC2)ccc1OC. The third kappa shape index (κ3) is 3.39. The van der Waals surface area contributed by atoms with E-state index in [1.165, 1.54) is 18.4 Å². The summed E-state index contributed by atoms with van der Waals surface area (Å²) in [5, 5.41) is 3.41. The van der Waals surface area contributed by atoms with Crippen molar-refractivity contribution in [3.8, 4) is 11.5 Å². The van der Waals surface area contributed by atoms with Gasteiger partial charge in [0.2, 0.25) is 0 Å². The molecule has 1 heterocycles. The molecule has 3 nitrogen and oxygen atoms in total. The van der Waals surface area contributed by atoms with E-state index >= 15 is 0 Å². The summed E-state index contributed by atoms with van der Waals surface area (Å²) < 4.78 is 10.9. The maximum absolute atomic E-state index is 5.62. The van der Waals surface area contributed by atoms with E-state index in [1.807, 2.05) is 13.0 Å².